The van der Waals surface area contributed by atoms with Crippen molar-refractivity contribution in [2.75, 3.05) is 5.32 Å². The number of carbonyl (C=O) groups excluding carboxylic acids is 1. The smallest absolute Gasteiger partial charge is 0.221 e. The van der Waals surface area contributed by atoms with Gasteiger partial charge in [-0.05, 0) is 43.8 Å². The average molecular weight is 309 g/mol. The highest BCUT2D eigenvalue weighted by Gasteiger charge is 2.15. The van der Waals surface area contributed by atoms with Crippen LogP contribution in [0.2, 0.25) is 0 Å². The van der Waals surface area contributed by atoms with E-state index < -0.39 is 0 Å². The average Bonchev–Trinajstić information content (AvgIpc) is 2.59. The lowest BCUT2D eigenvalue weighted by molar-refractivity contribution is -0.114. The topological polar surface area (TPSA) is 29.1 Å². The molecule has 0 aliphatic rings. The lowest BCUT2D eigenvalue weighted by Crippen LogP contribution is -2.06. The van der Waals surface area contributed by atoms with E-state index in [0.717, 1.165) is 11.1 Å². The first-order valence-electron chi connectivity index (χ1n) is 8.10. The van der Waals surface area contributed by atoms with E-state index in [1.54, 1.807) is 6.92 Å². The second-order valence-electron chi connectivity index (χ2n) is 6.28. The quantitative estimate of drug-likeness (QED) is 0.312. The number of fused-ring (bicyclic) bond motifs is 2. The van der Waals surface area contributed by atoms with Crippen LogP contribution in [0.1, 0.15) is 6.92 Å². The summed E-state index contributed by atoms with van der Waals surface area (Å²) < 4.78 is 0. The molecule has 1 N–H and O–H groups in total. The first-order chi connectivity index (χ1) is 11.7. The Morgan fingerprint density at radius 3 is 1.92 bits per heavy atom. The van der Waals surface area contributed by atoms with Crippen LogP contribution in [0, 0.1) is 0 Å². The molecule has 0 unspecified atom stereocenters. The van der Waals surface area contributed by atoms with E-state index in [1.807, 2.05) is 6.07 Å². The molecule has 2 heteroatoms. The van der Waals surface area contributed by atoms with Gasteiger partial charge in [-0.1, -0.05) is 60.7 Å². The number of amides is 1. The van der Waals surface area contributed by atoms with Crippen LogP contribution in [0.5, 0.6) is 0 Å². The van der Waals surface area contributed by atoms with E-state index in [1.165, 1.54) is 37.7 Å². The van der Waals surface area contributed by atoms with Gasteiger partial charge in [0.2, 0.25) is 5.91 Å². The van der Waals surface area contributed by atoms with Crippen LogP contribution in [0.3, 0.4) is 0 Å². The van der Waals surface area contributed by atoms with Crippen LogP contribution in [0.4, 0.5) is 5.69 Å². The molecule has 0 bridgehead atoms. The van der Waals surface area contributed by atoms with Crippen molar-refractivity contribution in [2.24, 2.45) is 0 Å². The van der Waals surface area contributed by atoms with Crippen molar-refractivity contribution in [3.63, 3.8) is 0 Å². The van der Waals surface area contributed by atoms with E-state index >= 15 is 0 Å². The van der Waals surface area contributed by atoms with Crippen molar-refractivity contribution in [3.05, 3.63) is 66.7 Å². The zero-order chi connectivity index (χ0) is 16.3. The standard InChI is InChI=1S/C22H15NO/c1-13(24)23-19-12-11-15-7-3-9-17-16-8-2-5-14-6-4-10-18(20(14)16)22(19)21(15)17/h2-12H,1H3,(H,23,24). The predicted octanol–water partition coefficient (Wildman–Crippen LogP) is 5.70. The van der Waals surface area contributed by atoms with Crippen LogP contribution in [-0.4, -0.2) is 5.91 Å². The monoisotopic (exact) mass is 309 g/mol. The zero-order valence-corrected chi connectivity index (χ0v) is 13.3. The molecule has 0 aliphatic heterocycles. The minimum atomic E-state index is -0.0471. The van der Waals surface area contributed by atoms with Gasteiger partial charge in [0.25, 0.3) is 0 Å². The number of nitrogens with one attached hydrogen (secondary N) is 1. The zero-order valence-electron chi connectivity index (χ0n) is 13.3. The Bertz CT molecular complexity index is 1250. The first-order valence-corrected chi connectivity index (χ1v) is 8.10. The van der Waals surface area contributed by atoms with Crippen LogP contribution >= 0.6 is 0 Å². The molecule has 5 aromatic carbocycles. The molecule has 0 fully saturated rings. The predicted molar refractivity (Wildman–Crippen MR) is 102 cm³/mol. The van der Waals surface area contributed by atoms with Crippen LogP contribution in [0.15, 0.2) is 66.7 Å². The van der Waals surface area contributed by atoms with E-state index in [0.29, 0.717) is 0 Å². The Morgan fingerprint density at radius 2 is 1.25 bits per heavy atom. The third-order valence-corrected chi connectivity index (χ3v) is 4.82. The van der Waals surface area contributed by atoms with Gasteiger partial charge in [0, 0.05) is 18.0 Å². The molecule has 0 heterocycles. The number of rotatable bonds is 1. The summed E-state index contributed by atoms with van der Waals surface area (Å²) in [5, 5.41) is 12.7. The molecular weight excluding hydrogens is 294 g/mol. The second kappa shape index (κ2) is 4.68. The van der Waals surface area contributed by atoms with Crippen molar-refractivity contribution in [2.45, 2.75) is 6.92 Å². The number of anilines is 1. The highest BCUT2D eigenvalue weighted by molar-refractivity contribution is 6.35. The van der Waals surface area contributed by atoms with Gasteiger partial charge in [0.1, 0.15) is 0 Å². The lowest BCUT2D eigenvalue weighted by Gasteiger charge is -2.17. The summed E-state index contributed by atoms with van der Waals surface area (Å²) in [7, 11) is 0. The molecule has 0 saturated carbocycles. The molecule has 2 nitrogen and oxygen atoms in total. The van der Waals surface area contributed by atoms with Crippen molar-refractivity contribution in [1.29, 1.82) is 0 Å². The van der Waals surface area contributed by atoms with E-state index in [9.17, 15) is 4.79 Å². The Balaban J connectivity index is 2.16. The first kappa shape index (κ1) is 13.3. The van der Waals surface area contributed by atoms with Gasteiger partial charge in [-0.2, -0.15) is 0 Å². The van der Waals surface area contributed by atoms with Crippen molar-refractivity contribution < 1.29 is 4.79 Å². The molecule has 0 aliphatic carbocycles. The third kappa shape index (κ3) is 1.68. The van der Waals surface area contributed by atoms with Gasteiger partial charge in [0.15, 0.2) is 0 Å². The Hall–Kier alpha value is -3.13. The molecule has 0 aromatic heterocycles. The summed E-state index contributed by atoms with van der Waals surface area (Å²) in [6.45, 7) is 1.56. The summed E-state index contributed by atoms with van der Waals surface area (Å²) in [4.78, 5) is 11.7. The van der Waals surface area contributed by atoms with Gasteiger partial charge < -0.3 is 5.32 Å². The molecule has 0 spiro atoms. The highest BCUT2D eigenvalue weighted by Crippen LogP contribution is 2.42. The number of benzene rings is 5. The minimum absolute atomic E-state index is 0.0471. The Kier molecular flexibility index (Phi) is 2.60. The van der Waals surface area contributed by atoms with Gasteiger partial charge in [-0.25, -0.2) is 0 Å². The normalized spacial score (nSPS) is 11.7. The van der Waals surface area contributed by atoms with E-state index in [4.69, 9.17) is 0 Å². The Labute approximate surface area is 139 Å². The van der Waals surface area contributed by atoms with Crippen molar-refractivity contribution in [1.82, 2.24) is 0 Å². The molecule has 0 atom stereocenters. The van der Waals surface area contributed by atoms with Gasteiger partial charge in [-0.3, -0.25) is 4.79 Å². The molecule has 0 radical (unpaired) electrons. The second-order valence-corrected chi connectivity index (χ2v) is 6.28. The summed E-state index contributed by atoms with van der Waals surface area (Å²) >= 11 is 0. The van der Waals surface area contributed by atoms with Gasteiger partial charge in [-0.15, -0.1) is 0 Å². The molecular formula is C22H15NO. The Morgan fingerprint density at radius 1 is 0.667 bits per heavy atom. The maximum atomic E-state index is 11.7. The van der Waals surface area contributed by atoms with E-state index in [2.05, 4.69) is 66.0 Å². The summed E-state index contributed by atoms with van der Waals surface area (Å²) in [6, 6.07) is 23.3. The lowest BCUT2D eigenvalue weighted by atomic mass is 9.89. The fourth-order valence-electron chi connectivity index (χ4n) is 3.95. The van der Waals surface area contributed by atoms with Crippen LogP contribution < -0.4 is 5.32 Å². The van der Waals surface area contributed by atoms with Crippen LogP contribution in [0.25, 0.3) is 43.1 Å². The van der Waals surface area contributed by atoms with Crippen molar-refractivity contribution >= 4 is 54.7 Å². The third-order valence-electron chi connectivity index (χ3n) is 4.82. The van der Waals surface area contributed by atoms with Crippen molar-refractivity contribution in [3.8, 4) is 0 Å². The summed E-state index contributed by atoms with van der Waals surface area (Å²) in [5.41, 5.74) is 0.879. The fourth-order valence-corrected chi connectivity index (χ4v) is 3.95. The molecule has 5 aromatic rings. The molecule has 5 rings (SSSR count). The number of carbonyl (C=O) groups is 1. The minimum Gasteiger partial charge on any atom is -0.326 e. The summed E-state index contributed by atoms with van der Waals surface area (Å²) in [5.74, 6) is -0.0471. The maximum Gasteiger partial charge on any atom is 0.221 e. The SMILES string of the molecule is CC(=O)Nc1ccc2cccc3c4cccc5cccc(c1c23)c54. The van der Waals surface area contributed by atoms with Crippen LogP contribution in [-0.2, 0) is 4.79 Å². The maximum absolute atomic E-state index is 11.7. The largest absolute Gasteiger partial charge is 0.326 e. The van der Waals surface area contributed by atoms with E-state index in [-0.39, 0.29) is 5.91 Å². The molecule has 0 saturated heterocycles. The molecule has 114 valence electrons. The van der Waals surface area contributed by atoms with Gasteiger partial charge >= 0.3 is 0 Å². The highest BCUT2D eigenvalue weighted by atomic mass is 16.1. The number of hydrogen-bond donors (Lipinski definition) is 1. The molecule has 1 amide bonds. The molecule has 24 heavy (non-hydrogen) atoms. The number of hydrogen-bond acceptors (Lipinski definition) is 1. The fraction of sp³-hybridized carbons (Fsp3) is 0.0455. The van der Waals surface area contributed by atoms with Gasteiger partial charge in [0.05, 0.1) is 0 Å². The summed E-state index contributed by atoms with van der Waals surface area (Å²) in [6.07, 6.45) is 0.